The van der Waals surface area contributed by atoms with Crippen LogP contribution in [0, 0.1) is 5.82 Å². The average Bonchev–Trinajstić information content (AvgIpc) is 2.07. The Morgan fingerprint density at radius 1 is 1.50 bits per heavy atom. The lowest BCUT2D eigenvalue weighted by Gasteiger charge is -2.35. The topological polar surface area (TPSA) is 15.3 Å². The number of halogens is 3. The van der Waals surface area contributed by atoms with E-state index in [2.05, 4.69) is 33.2 Å². The number of likely N-dealkylation sites (N-methyl/N-ethyl adjacent to an activating group) is 1. The maximum Gasteiger partial charge on any atom is 0.124 e. The van der Waals surface area contributed by atoms with Crippen LogP contribution in [0.15, 0.2) is 22.7 Å². The largest absolute Gasteiger partial charge is 0.314 e. The van der Waals surface area contributed by atoms with Gasteiger partial charge in [-0.3, -0.25) is 4.90 Å². The maximum atomic E-state index is 12.9. The van der Waals surface area contributed by atoms with Gasteiger partial charge in [-0.05, 0) is 24.7 Å². The monoisotopic (exact) mass is 308 g/mol. The molecule has 90 valence electrons. The molecular weight excluding hydrogens is 294 g/mol. The van der Waals surface area contributed by atoms with Crippen molar-refractivity contribution in [3.8, 4) is 0 Å². The molecule has 5 heteroatoms. The van der Waals surface area contributed by atoms with E-state index in [1.807, 2.05) is 6.07 Å². The van der Waals surface area contributed by atoms with Crippen molar-refractivity contribution in [2.75, 3.05) is 20.1 Å². The van der Waals surface area contributed by atoms with Crippen molar-refractivity contribution < 1.29 is 4.39 Å². The zero-order valence-electron chi connectivity index (χ0n) is 9.04. The van der Waals surface area contributed by atoms with E-state index in [4.69, 9.17) is 0 Å². The van der Waals surface area contributed by atoms with Gasteiger partial charge in [-0.2, -0.15) is 0 Å². The van der Waals surface area contributed by atoms with Gasteiger partial charge in [0.25, 0.3) is 0 Å². The first kappa shape index (κ1) is 13.9. The molecule has 1 heterocycles. The predicted octanol–water partition coefficient (Wildman–Crippen LogP) is 2.41. The van der Waals surface area contributed by atoms with Crippen molar-refractivity contribution >= 4 is 28.3 Å². The summed E-state index contributed by atoms with van der Waals surface area (Å²) in [6, 6.07) is 5.47. The molecule has 1 aliphatic heterocycles. The summed E-state index contributed by atoms with van der Waals surface area (Å²) in [5, 5.41) is 3.24. The summed E-state index contributed by atoms with van der Waals surface area (Å²) in [6.45, 7) is 2.96. The van der Waals surface area contributed by atoms with Gasteiger partial charge in [-0.15, -0.1) is 12.4 Å². The second kappa shape index (κ2) is 5.96. The molecule has 0 aromatic heterocycles. The third kappa shape index (κ3) is 3.17. The Bertz CT molecular complexity index is 358. The quantitative estimate of drug-likeness (QED) is 0.922. The molecule has 0 unspecified atom stereocenters. The number of nitrogens with zero attached hydrogens (tertiary/aromatic N) is 1. The first-order chi connectivity index (χ1) is 7.16. The summed E-state index contributed by atoms with van der Waals surface area (Å²) < 4.78 is 13.7. The molecule has 1 fully saturated rings. The molecule has 0 aliphatic carbocycles. The third-order valence-corrected chi connectivity index (χ3v) is 3.56. The van der Waals surface area contributed by atoms with Gasteiger partial charge < -0.3 is 5.32 Å². The van der Waals surface area contributed by atoms with Crippen LogP contribution in [-0.2, 0) is 6.54 Å². The Hall–Kier alpha value is -0.160. The van der Waals surface area contributed by atoms with Crippen LogP contribution in [0.25, 0.3) is 0 Å². The van der Waals surface area contributed by atoms with E-state index in [1.165, 1.54) is 12.1 Å². The van der Waals surface area contributed by atoms with E-state index >= 15 is 0 Å². The van der Waals surface area contributed by atoms with E-state index in [1.54, 1.807) is 0 Å². The number of rotatable bonds is 3. The number of hydrogen-bond acceptors (Lipinski definition) is 2. The van der Waals surface area contributed by atoms with Crippen molar-refractivity contribution in [1.82, 2.24) is 10.2 Å². The predicted molar refractivity (Wildman–Crippen MR) is 69.5 cm³/mol. The van der Waals surface area contributed by atoms with Gasteiger partial charge in [0.15, 0.2) is 0 Å². The lowest BCUT2D eigenvalue weighted by Crippen LogP contribution is -2.55. The van der Waals surface area contributed by atoms with E-state index in [-0.39, 0.29) is 18.2 Å². The zero-order valence-corrected chi connectivity index (χ0v) is 11.4. The van der Waals surface area contributed by atoms with E-state index in [0.29, 0.717) is 6.04 Å². The third-order valence-electron chi connectivity index (χ3n) is 2.82. The maximum absolute atomic E-state index is 12.9. The first-order valence-electron chi connectivity index (χ1n) is 5.01. The Balaban J connectivity index is 0.00000128. The van der Waals surface area contributed by atoms with Crippen LogP contribution in [0.2, 0.25) is 0 Å². The van der Waals surface area contributed by atoms with Crippen molar-refractivity contribution in [1.29, 1.82) is 0 Å². The van der Waals surface area contributed by atoms with E-state index in [9.17, 15) is 4.39 Å². The molecular formula is C11H15BrClFN2. The highest BCUT2D eigenvalue weighted by Gasteiger charge is 2.21. The second-order valence-corrected chi connectivity index (χ2v) is 4.82. The number of nitrogens with one attached hydrogen (secondary N) is 1. The van der Waals surface area contributed by atoms with Crippen LogP contribution < -0.4 is 5.32 Å². The summed E-state index contributed by atoms with van der Waals surface area (Å²) in [7, 11) is 2.10. The molecule has 2 nitrogen and oxygen atoms in total. The van der Waals surface area contributed by atoms with Crippen LogP contribution in [0.5, 0.6) is 0 Å². The molecule has 1 aromatic rings. The normalized spacial score (nSPS) is 15.8. The zero-order chi connectivity index (χ0) is 10.8. The molecule has 1 aliphatic rings. The fraction of sp³-hybridized carbons (Fsp3) is 0.455. The van der Waals surface area contributed by atoms with Gasteiger partial charge in [0.2, 0.25) is 0 Å². The highest BCUT2D eigenvalue weighted by molar-refractivity contribution is 9.10. The van der Waals surface area contributed by atoms with Crippen LogP contribution in [-0.4, -0.2) is 31.1 Å². The SMILES string of the molecule is CN(Cc1ccc(F)cc1Br)C1CNC1.Cl. The van der Waals surface area contributed by atoms with Crippen molar-refractivity contribution in [2.45, 2.75) is 12.6 Å². The number of benzene rings is 1. The van der Waals surface area contributed by atoms with Gasteiger partial charge in [-0.1, -0.05) is 22.0 Å². The molecule has 16 heavy (non-hydrogen) atoms. The molecule has 1 N–H and O–H groups in total. The van der Waals surface area contributed by atoms with Gasteiger partial charge in [0, 0.05) is 30.1 Å². The van der Waals surface area contributed by atoms with Gasteiger partial charge in [0.05, 0.1) is 0 Å². The molecule has 0 bridgehead atoms. The highest BCUT2D eigenvalue weighted by atomic mass is 79.9. The summed E-state index contributed by atoms with van der Waals surface area (Å²) in [5.41, 5.74) is 1.13. The fourth-order valence-electron chi connectivity index (χ4n) is 1.63. The van der Waals surface area contributed by atoms with Crippen molar-refractivity contribution in [3.05, 3.63) is 34.1 Å². The lowest BCUT2D eigenvalue weighted by atomic mass is 10.1. The summed E-state index contributed by atoms with van der Waals surface area (Å²) in [6.07, 6.45) is 0. The van der Waals surface area contributed by atoms with Crippen LogP contribution >= 0.6 is 28.3 Å². The average molecular weight is 310 g/mol. The molecule has 0 saturated carbocycles. The van der Waals surface area contributed by atoms with Gasteiger partial charge >= 0.3 is 0 Å². The summed E-state index contributed by atoms with van der Waals surface area (Å²) in [4.78, 5) is 2.29. The number of hydrogen-bond donors (Lipinski definition) is 1. The molecule has 1 saturated heterocycles. The van der Waals surface area contributed by atoms with Crippen molar-refractivity contribution in [2.24, 2.45) is 0 Å². The minimum atomic E-state index is -0.196. The molecule has 1 aromatic carbocycles. The van der Waals surface area contributed by atoms with Gasteiger partial charge in [-0.25, -0.2) is 4.39 Å². The Kier molecular flexibility index (Phi) is 5.18. The summed E-state index contributed by atoms with van der Waals surface area (Å²) >= 11 is 3.38. The second-order valence-electron chi connectivity index (χ2n) is 3.96. The van der Waals surface area contributed by atoms with Crippen LogP contribution in [0.3, 0.4) is 0 Å². The Labute approximate surface area is 110 Å². The van der Waals surface area contributed by atoms with Crippen molar-refractivity contribution in [3.63, 3.8) is 0 Å². The first-order valence-corrected chi connectivity index (χ1v) is 5.81. The van der Waals surface area contributed by atoms with E-state index in [0.717, 1.165) is 29.7 Å². The molecule has 0 radical (unpaired) electrons. The minimum Gasteiger partial charge on any atom is -0.314 e. The van der Waals surface area contributed by atoms with Crippen LogP contribution in [0.1, 0.15) is 5.56 Å². The Morgan fingerprint density at radius 3 is 2.69 bits per heavy atom. The van der Waals surface area contributed by atoms with E-state index < -0.39 is 0 Å². The Morgan fingerprint density at radius 2 is 2.19 bits per heavy atom. The fourth-order valence-corrected chi connectivity index (χ4v) is 2.11. The molecule has 0 spiro atoms. The smallest absolute Gasteiger partial charge is 0.124 e. The molecule has 2 rings (SSSR count). The molecule has 0 atom stereocenters. The van der Waals surface area contributed by atoms with Gasteiger partial charge in [0.1, 0.15) is 5.82 Å². The molecule has 0 amide bonds. The lowest BCUT2D eigenvalue weighted by molar-refractivity contribution is 0.173. The van der Waals surface area contributed by atoms with Crippen LogP contribution in [0.4, 0.5) is 4.39 Å². The minimum absolute atomic E-state index is 0. The standard InChI is InChI=1S/C11H14BrFN2.ClH/c1-15(10-5-14-6-10)7-8-2-3-9(13)4-11(8)12;/h2-4,10,14H,5-7H2,1H3;1H. The highest BCUT2D eigenvalue weighted by Crippen LogP contribution is 2.20. The summed E-state index contributed by atoms with van der Waals surface area (Å²) in [5.74, 6) is -0.196.